The van der Waals surface area contributed by atoms with Crippen LogP contribution >= 0.6 is 0 Å². The molecule has 1 aliphatic carbocycles. The normalized spacial score (nSPS) is 11.7. The van der Waals surface area contributed by atoms with Gasteiger partial charge in [-0.05, 0) is 65.4 Å². The molecule has 0 unspecified atom stereocenters. The molecule has 4 rings (SSSR count). The summed E-state index contributed by atoms with van der Waals surface area (Å²) in [6.45, 7) is 1.95. The maximum atomic E-state index is 12.6. The first-order valence-corrected chi connectivity index (χ1v) is 8.00. The third-order valence-electron chi connectivity index (χ3n) is 4.57. The third kappa shape index (κ3) is 2.44. The number of anilines is 2. The number of carbonyl (C=O) groups is 1. The van der Waals surface area contributed by atoms with Gasteiger partial charge in [-0.3, -0.25) is 4.79 Å². The van der Waals surface area contributed by atoms with Crippen molar-refractivity contribution < 1.29 is 4.79 Å². The Hall–Kier alpha value is -3.07. The van der Waals surface area contributed by atoms with Crippen LogP contribution < -0.4 is 11.1 Å². The van der Waals surface area contributed by atoms with Crippen LogP contribution in [0.3, 0.4) is 0 Å². The van der Waals surface area contributed by atoms with Crippen molar-refractivity contribution in [2.75, 3.05) is 11.1 Å². The van der Waals surface area contributed by atoms with E-state index >= 15 is 0 Å². The third-order valence-corrected chi connectivity index (χ3v) is 4.57. The average Bonchev–Trinajstić information content (AvgIpc) is 2.95. The quantitative estimate of drug-likeness (QED) is 0.539. The summed E-state index contributed by atoms with van der Waals surface area (Å²) in [5.74, 6) is -0.109. The van der Waals surface area contributed by atoms with Crippen LogP contribution in [-0.4, -0.2) is 5.91 Å². The number of nitrogens with one attached hydrogen (secondary N) is 1. The van der Waals surface area contributed by atoms with Crippen molar-refractivity contribution in [3.05, 3.63) is 82.9 Å². The molecule has 0 heterocycles. The molecule has 0 spiro atoms. The van der Waals surface area contributed by atoms with Crippen molar-refractivity contribution in [1.29, 1.82) is 0 Å². The predicted molar refractivity (Wildman–Crippen MR) is 98.2 cm³/mol. The van der Waals surface area contributed by atoms with Crippen molar-refractivity contribution in [3.63, 3.8) is 0 Å². The fourth-order valence-electron chi connectivity index (χ4n) is 3.26. The molecule has 3 nitrogen and oxygen atoms in total. The molecule has 1 aliphatic rings. The first-order chi connectivity index (χ1) is 11.6. The molecule has 0 radical (unpaired) electrons. The molecule has 0 aliphatic heterocycles. The first kappa shape index (κ1) is 14.5. The lowest BCUT2D eigenvalue weighted by Crippen LogP contribution is -2.13. The monoisotopic (exact) mass is 314 g/mol. The maximum Gasteiger partial charge on any atom is 0.255 e. The van der Waals surface area contributed by atoms with Gasteiger partial charge in [0.25, 0.3) is 5.91 Å². The summed E-state index contributed by atoms with van der Waals surface area (Å²) in [6.07, 6.45) is 0.879. The zero-order chi connectivity index (χ0) is 16.7. The molecule has 0 saturated heterocycles. The second-order valence-electron chi connectivity index (χ2n) is 6.23. The van der Waals surface area contributed by atoms with E-state index < -0.39 is 0 Å². The van der Waals surface area contributed by atoms with Crippen molar-refractivity contribution >= 4 is 17.3 Å². The summed E-state index contributed by atoms with van der Waals surface area (Å²) in [4.78, 5) is 12.6. The van der Waals surface area contributed by atoms with Crippen LogP contribution in [0.25, 0.3) is 11.1 Å². The molecule has 0 fully saturated rings. The van der Waals surface area contributed by atoms with Crippen molar-refractivity contribution in [3.8, 4) is 11.1 Å². The Labute approximate surface area is 141 Å². The number of aryl methyl sites for hydroxylation is 1. The predicted octanol–water partition coefficient (Wildman–Crippen LogP) is 4.40. The van der Waals surface area contributed by atoms with Crippen LogP contribution in [0.5, 0.6) is 0 Å². The SMILES string of the molecule is Cc1ccc(N)cc1NC(=O)c1ccc2c(c1)Cc1ccccc1-2. The van der Waals surface area contributed by atoms with Gasteiger partial charge in [0.15, 0.2) is 0 Å². The van der Waals surface area contributed by atoms with E-state index in [0.717, 1.165) is 17.7 Å². The van der Waals surface area contributed by atoms with Crippen LogP contribution in [0.15, 0.2) is 60.7 Å². The molecule has 0 bridgehead atoms. The smallest absolute Gasteiger partial charge is 0.255 e. The number of nitrogen functional groups attached to an aromatic ring is 1. The minimum atomic E-state index is -0.109. The number of benzene rings is 3. The summed E-state index contributed by atoms with van der Waals surface area (Å²) in [6, 6.07) is 19.8. The van der Waals surface area contributed by atoms with Crippen molar-refractivity contribution in [2.45, 2.75) is 13.3 Å². The second kappa shape index (κ2) is 5.53. The van der Waals surface area contributed by atoms with E-state index in [1.807, 2.05) is 37.3 Å². The summed E-state index contributed by atoms with van der Waals surface area (Å²) in [5.41, 5.74) is 13.9. The number of amides is 1. The van der Waals surface area contributed by atoms with Crippen LogP contribution in [0.2, 0.25) is 0 Å². The number of carbonyl (C=O) groups excluding carboxylic acids is 1. The Balaban J connectivity index is 1.63. The average molecular weight is 314 g/mol. The highest BCUT2D eigenvalue weighted by Gasteiger charge is 2.19. The number of hydrogen-bond acceptors (Lipinski definition) is 2. The van der Waals surface area contributed by atoms with Crippen LogP contribution in [-0.2, 0) is 6.42 Å². The minimum absolute atomic E-state index is 0.109. The van der Waals surface area contributed by atoms with Gasteiger partial charge in [0.2, 0.25) is 0 Å². The van der Waals surface area contributed by atoms with Gasteiger partial charge in [0.05, 0.1) is 0 Å². The van der Waals surface area contributed by atoms with Crippen LogP contribution in [0.1, 0.15) is 27.0 Å². The van der Waals surface area contributed by atoms with E-state index in [2.05, 4.69) is 29.6 Å². The van der Waals surface area contributed by atoms with Crippen LogP contribution in [0.4, 0.5) is 11.4 Å². The van der Waals surface area contributed by atoms with Gasteiger partial charge in [0, 0.05) is 16.9 Å². The highest BCUT2D eigenvalue weighted by Crippen LogP contribution is 2.36. The van der Waals surface area contributed by atoms with Gasteiger partial charge in [-0.25, -0.2) is 0 Å². The van der Waals surface area contributed by atoms with E-state index in [9.17, 15) is 4.79 Å². The minimum Gasteiger partial charge on any atom is -0.399 e. The Kier molecular flexibility index (Phi) is 3.35. The Bertz CT molecular complexity index is 960. The number of hydrogen-bond donors (Lipinski definition) is 2. The fraction of sp³-hybridized carbons (Fsp3) is 0.0952. The van der Waals surface area contributed by atoms with Crippen molar-refractivity contribution in [1.82, 2.24) is 0 Å². The van der Waals surface area contributed by atoms with E-state index in [4.69, 9.17) is 5.73 Å². The Morgan fingerprint density at radius 2 is 1.75 bits per heavy atom. The molecule has 3 heteroatoms. The van der Waals surface area contributed by atoms with E-state index in [-0.39, 0.29) is 5.91 Å². The molecular formula is C21H18N2O. The molecule has 3 aromatic rings. The van der Waals surface area contributed by atoms with Gasteiger partial charge in [-0.2, -0.15) is 0 Å². The van der Waals surface area contributed by atoms with Gasteiger partial charge < -0.3 is 11.1 Å². The molecule has 1 amide bonds. The first-order valence-electron chi connectivity index (χ1n) is 8.00. The highest BCUT2D eigenvalue weighted by atomic mass is 16.1. The van der Waals surface area contributed by atoms with E-state index in [1.54, 1.807) is 6.07 Å². The Morgan fingerprint density at radius 3 is 2.62 bits per heavy atom. The standard InChI is InChI=1S/C21H18N2O/c1-13-6-8-17(22)12-20(13)23-21(24)15-7-9-19-16(11-15)10-14-4-2-3-5-18(14)19/h2-9,11-12H,10,22H2,1H3,(H,23,24). The summed E-state index contributed by atoms with van der Waals surface area (Å²) >= 11 is 0. The second-order valence-corrected chi connectivity index (χ2v) is 6.23. The van der Waals surface area contributed by atoms with Crippen LogP contribution in [0, 0.1) is 6.92 Å². The molecule has 0 atom stereocenters. The summed E-state index contributed by atoms with van der Waals surface area (Å²) in [7, 11) is 0. The highest BCUT2D eigenvalue weighted by molar-refractivity contribution is 6.05. The summed E-state index contributed by atoms with van der Waals surface area (Å²) < 4.78 is 0. The molecule has 118 valence electrons. The zero-order valence-electron chi connectivity index (χ0n) is 13.5. The summed E-state index contributed by atoms with van der Waals surface area (Å²) in [5, 5.41) is 2.96. The van der Waals surface area contributed by atoms with Gasteiger partial charge in [-0.1, -0.05) is 36.4 Å². The largest absolute Gasteiger partial charge is 0.399 e. The zero-order valence-corrected chi connectivity index (χ0v) is 13.5. The van der Waals surface area contributed by atoms with Gasteiger partial charge in [0.1, 0.15) is 0 Å². The van der Waals surface area contributed by atoms with Crippen molar-refractivity contribution in [2.24, 2.45) is 0 Å². The number of rotatable bonds is 2. The number of nitrogens with two attached hydrogens (primary N) is 1. The molecule has 3 aromatic carbocycles. The lowest BCUT2D eigenvalue weighted by Gasteiger charge is -2.10. The molecule has 24 heavy (non-hydrogen) atoms. The lowest BCUT2D eigenvalue weighted by molar-refractivity contribution is 0.102. The Morgan fingerprint density at radius 1 is 0.958 bits per heavy atom. The van der Waals surface area contributed by atoms with E-state index in [1.165, 1.54) is 22.3 Å². The molecule has 3 N–H and O–H groups in total. The number of fused-ring (bicyclic) bond motifs is 3. The maximum absolute atomic E-state index is 12.6. The lowest BCUT2D eigenvalue weighted by atomic mass is 10.0. The molecule has 0 saturated carbocycles. The van der Waals surface area contributed by atoms with Gasteiger partial charge in [-0.15, -0.1) is 0 Å². The fourth-order valence-corrected chi connectivity index (χ4v) is 3.26. The van der Waals surface area contributed by atoms with Gasteiger partial charge >= 0.3 is 0 Å². The van der Waals surface area contributed by atoms with E-state index in [0.29, 0.717) is 11.3 Å². The molecule has 0 aromatic heterocycles. The molecular weight excluding hydrogens is 296 g/mol. The topological polar surface area (TPSA) is 55.1 Å².